The molecule has 0 spiro atoms. The second-order valence-corrected chi connectivity index (χ2v) is 9.07. The molecule has 8 heteroatoms. The summed E-state index contributed by atoms with van der Waals surface area (Å²) in [5.41, 5.74) is 1.71. The topological polar surface area (TPSA) is 95.1 Å². The van der Waals surface area contributed by atoms with Crippen molar-refractivity contribution in [1.29, 1.82) is 0 Å². The number of nitrogens with zero attached hydrogens (tertiary/aromatic N) is 3. The van der Waals surface area contributed by atoms with Crippen molar-refractivity contribution in [3.05, 3.63) is 29.6 Å². The van der Waals surface area contributed by atoms with Gasteiger partial charge in [0.2, 0.25) is 11.1 Å². The number of nitrogens with two attached hydrogens (primary N) is 1. The molecule has 29 heavy (non-hydrogen) atoms. The molecule has 1 aromatic heterocycles. The highest BCUT2D eigenvalue weighted by Gasteiger charge is 2.21. The van der Waals surface area contributed by atoms with E-state index < -0.39 is 0 Å². The quantitative estimate of drug-likeness (QED) is 0.499. The molecule has 0 saturated heterocycles. The van der Waals surface area contributed by atoms with Gasteiger partial charge >= 0.3 is 0 Å². The summed E-state index contributed by atoms with van der Waals surface area (Å²) < 4.78 is 6.86. The van der Waals surface area contributed by atoms with Gasteiger partial charge in [-0.05, 0) is 43.9 Å². The standard InChI is InChI=1S/C21H31N5O2S/c1-14-9-11-18(28-3)17(13-14)23-20(27)15(2)29-21-25-24-19(26(21)22)12-10-16-7-5-4-6-8-16/h9,11,13,15-16H,4-8,10,12,22H2,1-3H3,(H,23,27)/t15-/m1/s1. The van der Waals surface area contributed by atoms with Crippen LogP contribution in [0.5, 0.6) is 5.75 Å². The lowest BCUT2D eigenvalue weighted by molar-refractivity contribution is -0.115. The molecule has 0 aliphatic heterocycles. The van der Waals surface area contributed by atoms with Gasteiger partial charge in [-0.25, -0.2) is 4.68 Å². The molecule has 0 radical (unpaired) electrons. The van der Waals surface area contributed by atoms with Crippen molar-refractivity contribution < 1.29 is 9.53 Å². The molecule has 1 aliphatic carbocycles. The number of amides is 1. The van der Waals surface area contributed by atoms with Crippen LogP contribution in [0.1, 0.15) is 56.8 Å². The molecule has 158 valence electrons. The summed E-state index contributed by atoms with van der Waals surface area (Å²) in [6, 6.07) is 5.68. The lowest BCUT2D eigenvalue weighted by Crippen LogP contribution is -2.24. The highest BCUT2D eigenvalue weighted by Crippen LogP contribution is 2.29. The molecule has 2 aromatic rings. The summed E-state index contributed by atoms with van der Waals surface area (Å²) in [5, 5.41) is 11.6. The van der Waals surface area contributed by atoms with Gasteiger partial charge in [-0.15, -0.1) is 10.2 Å². The summed E-state index contributed by atoms with van der Waals surface area (Å²) in [5.74, 6) is 8.26. The Bertz CT molecular complexity index is 832. The number of rotatable bonds is 8. The number of benzene rings is 1. The maximum Gasteiger partial charge on any atom is 0.237 e. The number of carbonyl (C=O) groups excluding carboxylic acids is 1. The van der Waals surface area contributed by atoms with E-state index in [4.69, 9.17) is 10.6 Å². The van der Waals surface area contributed by atoms with E-state index in [0.29, 0.717) is 16.6 Å². The lowest BCUT2D eigenvalue weighted by atomic mass is 9.86. The third kappa shape index (κ3) is 5.65. The predicted octanol–water partition coefficient (Wildman–Crippen LogP) is 3.94. The monoisotopic (exact) mass is 417 g/mol. The number of aromatic nitrogens is 3. The number of nitrogens with one attached hydrogen (secondary N) is 1. The summed E-state index contributed by atoms with van der Waals surface area (Å²) >= 11 is 1.31. The van der Waals surface area contributed by atoms with Gasteiger partial charge in [0.05, 0.1) is 18.0 Å². The Morgan fingerprint density at radius 3 is 2.83 bits per heavy atom. The second kappa shape index (κ2) is 10.0. The van der Waals surface area contributed by atoms with Gasteiger partial charge in [-0.3, -0.25) is 4.79 Å². The Hall–Kier alpha value is -2.22. The summed E-state index contributed by atoms with van der Waals surface area (Å²) in [4.78, 5) is 12.7. The van der Waals surface area contributed by atoms with Gasteiger partial charge in [0.15, 0.2) is 5.82 Å². The van der Waals surface area contributed by atoms with E-state index >= 15 is 0 Å². The molecule has 1 fully saturated rings. The molecule has 3 rings (SSSR count). The highest BCUT2D eigenvalue weighted by atomic mass is 32.2. The largest absolute Gasteiger partial charge is 0.495 e. The van der Waals surface area contributed by atoms with Crippen molar-refractivity contribution in [3.8, 4) is 5.75 Å². The number of hydrogen-bond donors (Lipinski definition) is 2. The molecule has 1 aromatic carbocycles. The van der Waals surface area contributed by atoms with E-state index in [1.807, 2.05) is 32.0 Å². The first-order valence-electron chi connectivity index (χ1n) is 10.3. The fourth-order valence-electron chi connectivity index (χ4n) is 3.73. The minimum atomic E-state index is -0.377. The van der Waals surface area contributed by atoms with E-state index in [9.17, 15) is 4.79 Å². The number of nitrogen functional groups attached to an aromatic ring is 1. The van der Waals surface area contributed by atoms with Crippen LogP contribution >= 0.6 is 11.8 Å². The minimum absolute atomic E-state index is 0.134. The highest BCUT2D eigenvalue weighted by molar-refractivity contribution is 8.00. The Balaban J connectivity index is 1.57. The predicted molar refractivity (Wildman–Crippen MR) is 117 cm³/mol. The summed E-state index contributed by atoms with van der Waals surface area (Å²) in [6.07, 6.45) is 8.57. The molecule has 0 bridgehead atoms. The summed E-state index contributed by atoms with van der Waals surface area (Å²) in [6.45, 7) is 3.80. The van der Waals surface area contributed by atoms with Crippen LogP contribution in [0.15, 0.2) is 23.4 Å². The molecule has 1 heterocycles. The van der Waals surface area contributed by atoms with Crippen molar-refractivity contribution >= 4 is 23.4 Å². The first-order chi connectivity index (χ1) is 14.0. The van der Waals surface area contributed by atoms with Gasteiger partial charge in [-0.2, -0.15) is 0 Å². The maximum atomic E-state index is 12.7. The Labute approximate surface area is 176 Å². The van der Waals surface area contributed by atoms with Gasteiger partial charge in [0, 0.05) is 6.42 Å². The third-order valence-corrected chi connectivity index (χ3v) is 6.56. The maximum absolute atomic E-state index is 12.7. The number of ether oxygens (including phenoxy) is 1. The number of thioether (sulfide) groups is 1. The van der Waals surface area contributed by atoms with Crippen LogP contribution in [0.4, 0.5) is 5.69 Å². The number of carbonyl (C=O) groups is 1. The smallest absolute Gasteiger partial charge is 0.237 e. The SMILES string of the molecule is COc1ccc(C)cc1NC(=O)[C@@H](C)Sc1nnc(CCC2CCCCC2)n1N. The Morgan fingerprint density at radius 1 is 1.34 bits per heavy atom. The van der Waals surface area contributed by atoms with Crippen molar-refractivity contribution in [1.82, 2.24) is 14.9 Å². The normalized spacial score (nSPS) is 15.8. The average molecular weight is 418 g/mol. The van der Waals surface area contributed by atoms with Crippen molar-refractivity contribution in [3.63, 3.8) is 0 Å². The second-order valence-electron chi connectivity index (χ2n) is 7.76. The number of anilines is 1. The van der Waals surface area contributed by atoms with Gasteiger partial charge in [0.1, 0.15) is 5.75 Å². The fourth-order valence-corrected chi connectivity index (χ4v) is 4.52. The van der Waals surface area contributed by atoms with Crippen LogP contribution in [0.25, 0.3) is 0 Å². The molecule has 1 amide bonds. The third-order valence-electron chi connectivity index (χ3n) is 5.50. The van der Waals surface area contributed by atoms with Crippen LogP contribution < -0.4 is 15.9 Å². The average Bonchev–Trinajstić information content (AvgIpc) is 3.06. The van der Waals surface area contributed by atoms with E-state index in [1.54, 1.807) is 7.11 Å². The zero-order chi connectivity index (χ0) is 20.8. The number of hydrogen-bond acceptors (Lipinski definition) is 6. The van der Waals surface area contributed by atoms with Crippen LogP contribution in [-0.4, -0.2) is 33.1 Å². The first-order valence-corrected chi connectivity index (χ1v) is 11.2. The van der Waals surface area contributed by atoms with Crippen LogP contribution in [0.2, 0.25) is 0 Å². The van der Waals surface area contributed by atoms with Crippen molar-refractivity contribution in [2.24, 2.45) is 5.92 Å². The van der Waals surface area contributed by atoms with E-state index in [2.05, 4.69) is 15.5 Å². The van der Waals surface area contributed by atoms with Crippen molar-refractivity contribution in [2.45, 2.75) is 69.2 Å². The lowest BCUT2D eigenvalue weighted by Gasteiger charge is -2.20. The van der Waals surface area contributed by atoms with Gasteiger partial charge in [0.25, 0.3) is 0 Å². The van der Waals surface area contributed by atoms with E-state index in [1.165, 1.54) is 48.5 Å². The van der Waals surface area contributed by atoms with Gasteiger partial charge < -0.3 is 15.9 Å². The first kappa shape index (κ1) is 21.5. The minimum Gasteiger partial charge on any atom is -0.495 e. The van der Waals surface area contributed by atoms with E-state index in [-0.39, 0.29) is 11.2 Å². The van der Waals surface area contributed by atoms with Gasteiger partial charge in [-0.1, -0.05) is 49.9 Å². The number of methoxy groups -OCH3 is 1. The Kier molecular flexibility index (Phi) is 7.41. The van der Waals surface area contributed by atoms with E-state index in [0.717, 1.165) is 30.1 Å². The fraction of sp³-hybridized carbons (Fsp3) is 0.571. The number of aryl methyl sites for hydroxylation is 2. The zero-order valence-corrected chi connectivity index (χ0v) is 18.3. The molecule has 1 aliphatic rings. The van der Waals surface area contributed by atoms with Crippen LogP contribution in [-0.2, 0) is 11.2 Å². The molecule has 1 atom stereocenters. The molecule has 0 unspecified atom stereocenters. The zero-order valence-electron chi connectivity index (χ0n) is 17.5. The summed E-state index contributed by atoms with van der Waals surface area (Å²) in [7, 11) is 1.59. The van der Waals surface area contributed by atoms with Crippen LogP contribution in [0, 0.1) is 12.8 Å². The molecular weight excluding hydrogens is 386 g/mol. The van der Waals surface area contributed by atoms with Crippen LogP contribution in [0.3, 0.4) is 0 Å². The molecule has 1 saturated carbocycles. The van der Waals surface area contributed by atoms with Crippen molar-refractivity contribution in [2.75, 3.05) is 18.3 Å². The molecular formula is C21H31N5O2S. The molecule has 7 nitrogen and oxygen atoms in total. The molecule has 3 N–H and O–H groups in total. The Morgan fingerprint density at radius 2 is 2.10 bits per heavy atom.